The lowest BCUT2D eigenvalue weighted by atomic mass is 9.82. The summed E-state index contributed by atoms with van der Waals surface area (Å²) in [6.45, 7) is 1.82. The third-order valence-corrected chi connectivity index (χ3v) is 5.88. The van der Waals surface area contributed by atoms with Crippen LogP contribution in [-0.4, -0.2) is 49.0 Å². The van der Waals surface area contributed by atoms with Gasteiger partial charge in [-0.05, 0) is 36.8 Å². The highest BCUT2D eigenvalue weighted by atomic mass is 19.1. The molecule has 0 bridgehead atoms. The first-order valence-corrected chi connectivity index (χ1v) is 10.5. The van der Waals surface area contributed by atoms with Crippen LogP contribution in [0, 0.1) is 12.7 Å². The molecule has 0 unspecified atom stereocenters. The predicted molar refractivity (Wildman–Crippen MR) is 122 cm³/mol. The Hall–Kier alpha value is -4.08. The first-order chi connectivity index (χ1) is 16.3. The van der Waals surface area contributed by atoms with Crippen LogP contribution in [0.25, 0.3) is 0 Å². The van der Waals surface area contributed by atoms with Crippen LogP contribution in [0.5, 0.6) is 17.2 Å². The number of aromatic nitrogens is 2. The van der Waals surface area contributed by atoms with E-state index in [9.17, 15) is 14.0 Å². The van der Waals surface area contributed by atoms with Crippen LogP contribution in [0.4, 0.5) is 10.2 Å². The van der Waals surface area contributed by atoms with E-state index in [1.165, 1.54) is 45.6 Å². The van der Waals surface area contributed by atoms with Gasteiger partial charge in [-0.15, -0.1) is 0 Å². The lowest BCUT2D eigenvalue weighted by Crippen LogP contribution is -2.50. The van der Waals surface area contributed by atoms with Gasteiger partial charge in [-0.25, -0.2) is 4.39 Å². The number of rotatable bonds is 6. The molecule has 0 saturated carbocycles. The number of aryl methyl sites for hydroxylation is 2. The predicted octanol–water partition coefficient (Wildman–Crippen LogP) is 2.78. The van der Waals surface area contributed by atoms with Gasteiger partial charge in [-0.2, -0.15) is 5.10 Å². The summed E-state index contributed by atoms with van der Waals surface area (Å²) < 4.78 is 31.2. The van der Waals surface area contributed by atoms with E-state index in [1.54, 1.807) is 23.9 Å². The number of nitrogens with zero attached hydrogens (tertiary/aromatic N) is 2. The van der Waals surface area contributed by atoms with Gasteiger partial charge in [0.05, 0.1) is 27.0 Å². The largest absolute Gasteiger partial charge is 0.493 e. The molecule has 0 aliphatic carbocycles. The molecule has 10 heteroatoms. The van der Waals surface area contributed by atoms with E-state index in [0.717, 1.165) is 5.56 Å². The average molecular weight is 468 g/mol. The number of hydrogen-bond donors (Lipinski definition) is 2. The van der Waals surface area contributed by atoms with Gasteiger partial charge in [-0.1, -0.05) is 12.1 Å². The number of amides is 2. The van der Waals surface area contributed by atoms with Gasteiger partial charge in [0.2, 0.25) is 11.7 Å². The van der Waals surface area contributed by atoms with Crippen molar-refractivity contribution >= 4 is 17.6 Å². The topological polar surface area (TPSA) is 104 Å². The number of carbonyl (C=O) groups excluding carboxylic acids is 2. The molecule has 0 saturated heterocycles. The van der Waals surface area contributed by atoms with Crippen molar-refractivity contribution in [3.8, 4) is 17.2 Å². The Labute approximate surface area is 195 Å². The summed E-state index contributed by atoms with van der Waals surface area (Å²) in [6, 6.07) is 7.89. The minimum Gasteiger partial charge on any atom is -0.493 e. The van der Waals surface area contributed by atoms with Crippen molar-refractivity contribution in [2.24, 2.45) is 7.05 Å². The summed E-state index contributed by atoms with van der Waals surface area (Å²) >= 11 is 0. The van der Waals surface area contributed by atoms with E-state index in [-0.39, 0.29) is 5.56 Å². The molecule has 1 aromatic heterocycles. The van der Waals surface area contributed by atoms with Gasteiger partial charge >= 0.3 is 0 Å². The molecule has 2 N–H and O–H groups in total. The Kier molecular flexibility index (Phi) is 6.14. The maximum atomic E-state index is 13.6. The molecule has 4 rings (SSSR count). The number of fused-ring (bicyclic) bond motifs is 1. The van der Waals surface area contributed by atoms with E-state index >= 15 is 0 Å². The Morgan fingerprint density at radius 1 is 1.09 bits per heavy atom. The zero-order valence-corrected chi connectivity index (χ0v) is 19.4. The molecule has 2 heterocycles. The molecule has 0 radical (unpaired) electrons. The van der Waals surface area contributed by atoms with Crippen LogP contribution in [-0.2, 0) is 11.8 Å². The van der Waals surface area contributed by atoms with Crippen LogP contribution in [0.15, 0.2) is 36.4 Å². The molecule has 0 fully saturated rings. The highest BCUT2D eigenvalue weighted by molar-refractivity contribution is 6.04. The zero-order valence-electron chi connectivity index (χ0n) is 19.4. The minimum atomic E-state index is -0.979. The monoisotopic (exact) mass is 468 g/mol. The number of nitrogens with one attached hydrogen (secondary N) is 2. The molecule has 1 aliphatic heterocycles. The lowest BCUT2D eigenvalue weighted by Gasteiger charge is -2.32. The van der Waals surface area contributed by atoms with Crippen molar-refractivity contribution < 1.29 is 28.2 Å². The van der Waals surface area contributed by atoms with Crippen LogP contribution in [0.3, 0.4) is 0 Å². The van der Waals surface area contributed by atoms with Crippen molar-refractivity contribution in [2.75, 3.05) is 26.6 Å². The fraction of sp³-hybridized carbons (Fsp3) is 0.292. The third-order valence-electron chi connectivity index (χ3n) is 5.88. The second-order valence-corrected chi connectivity index (χ2v) is 7.85. The lowest BCUT2D eigenvalue weighted by molar-refractivity contribution is -0.118. The summed E-state index contributed by atoms with van der Waals surface area (Å²) in [5.74, 6) is -0.413. The Morgan fingerprint density at radius 2 is 1.71 bits per heavy atom. The second-order valence-electron chi connectivity index (χ2n) is 7.85. The Balaban J connectivity index is 1.77. The van der Waals surface area contributed by atoms with Crippen molar-refractivity contribution in [3.63, 3.8) is 0 Å². The molecule has 2 amide bonds. The van der Waals surface area contributed by atoms with E-state index in [0.29, 0.717) is 34.3 Å². The van der Waals surface area contributed by atoms with Crippen molar-refractivity contribution in [3.05, 3.63) is 64.6 Å². The second kappa shape index (κ2) is 9.05. The zero-order chi connectivity index (χ0) is 24.6. The number of carbonyl (C=O) groups is 2. The maximum absolute atomic E-state index is 13.6. The SMILES string of the molecule is COc1cc(C(=O)N[C@@H]2C(=O)Nc3c(c(C)nn3C)[C@H]2c2ccc(F)cc2)cc(OC)c1OC. The molecule has 2 atom stereocenters. The van der Waals surface area contributed by atoms with Gasteiger partial charge in [0, 0.05) is 24.1 Å². The summed E-state index contributed by atoms with van der Waals surface area (Å²) in [5.41, 5.74) is 2.33. The van der Waals surface area contributed by atoms with Crippen LogP contribution >= 0.6 is 0 Å². The molecule has 0 spiro atoms. The van der Waals surface area contributed by atoms with Gasteiger partial charge in [-0.3, -0.25) is 14.3 Å². The molecule has 178 valence electrons. The summed E-state index contributed by atoms with van der Waals surface area (Å²) in [5, 5.41) is 10.1. The number of methoxy groups -OCH3 is 3. The Morgan fingerprint density at radius 3 is 2.26 bits per heavy atom. The Bertz CT molecular complexity index is 1230. The maximum Gasteiger partial charge on any atom is 0.252 e. The van der Waals surface area contributed by atoms with Crippen LogP contribution in [0.1, 0.15) is 33.1 Å². The number of hydrogen-bond acceptors (Lipinski definition) is 6. The fourth-order valence-electron chi connectivity index (χ4n) is 4.32. The van der Waals surface area contributed by atoms with Gasteiger partial charge in [0.1, 0.15) is 17.7 Å². The smallest absolute Gasteiger partial charge is 0.252 e. The number of halogens is 1. The summed E-state index contributed by atoms with van der Waals surface area (Å²) in [4.78, 5) is 26.5. The van der Waals surface area contributed by atoms with Gasteiger partial charge in [0.15, 0.2) is 11.5 Å². The average Bonchev–Trinajstić information content (AvgIpc) is 3.11. The van der Waals surface area contributed by atoms with E-state index in [4.69, 9.17) is 14.2 Å². The van der Waals surface area contributed by atoms with E-state index in [2.05, 4.69) is 15.7 Å². The van der Waals surface area contributed by atoms with Crippen molar-refractivity contribution in [2.45, 2.75) is 18.9 Å². The highest BCUT2D eigenvalue weighted by Crippen LogP contribution is 2.40. The quantitative estimate of drug-likeness (QED) is 0.577. The normalized spacial score (nSPS) is 16.9. The van der Waals surface area contributed by atoms with Crippen molar-refractivity contribution in [1.29, 1.82) is 0 Å². The van der Waals surface area contributed by atoms with E-state index in [1.807, 2.05) is 6.92 Å². The first-order valence-electron chi connectivity index (χ1n) is 10.5. The third kappa shape index (κ3) is 3.91. The van der Waals surface area contributed by atoms with Crippen LogP contribution < -0.4 is 24.8 Å². The molecule has 3 aromatic rings. The molecule has 2 aromatic carbocycles. The molecule has 34 heavy (non-hydrogen) atoms. The molecular formula is C24H25FN4O5. The minimum absolute atomic E-state index is 0.217. The first kappa shape index (κ1) is 23.1. The summed E-state index contributed by atoms with van der Waals surface area (Å²) in [6.07, 6.45) is 0. The molecule has 9 nitrogen and oxygen atoms in total. The van der Waals surface area contributed by atoms with E-state index < -0.39 is 29.6 Å². The number of ether oxygens (including phenoxy) is 3. The standard InChI is InChI=1S/C24H25FN4O5/c1-12-18-19(13-6-8-15(25)9-7-13)20(24(31)27-22(18)29(2)28-12)26-23(30)14-10-16(32-3)21(34-5)17(11-14)33-4/h6-11,19-20H,1-5H3,(H,26,30)(H,27,31)/t19-,20+/m1/s1. The van der Waals surface area contributed by atoms with Gasteiger partial charge in [0.25, 0.3) is 5.91 Å². The summed E-state index contributed by atoms with van der Waals surface area (Å²) in [7, 11) is 6.09. The molecule has 1 aliphatic rings. The fourth-order valence-corrected chi connectivity index (χ4v) is 4.32. The number of anilines is 1. The number of benzene rings is 2. The van der Waals surface area contributed by atoms with Gasteiger partial charge < -0.3 is 24.8 Å². The molecular weight excluding hydrogens is 443 g/mol. The van der Waals surface area contributed by atoms with Crippen LogP contribution in [0.2, 0.25) is 0 Å². The van der Waals surface area contributed by atoms with Crippen molar-refractivity contribution in [1.82, 2.24) is 15.1 Å². The highest BCUT2D eigenvalue weighted by Gasteiger charge is 2.41.